The van der Waals surface area contributed by atoms with Gasteiger partial charge in [0.1, 0.15) is 0 Å². The fourth-order valence-corrected chi connectivity index (χ4v) is 3.06. The van der Waals surface area contributed by atoms with Crippen LogP contribution >= 0.6 is 11.6 Å². The number of carbonyl (C=O) groups excluding carboxylic acids is 1. The van der Waals surface area contributed by atoms with Gasteiger partial charge in [-0.25, -0.2) is 8.42 Å². The van der Waals surface area contributed by atoms with Crippen molar-refractivity contribution in [2.24, 2.45) is 0 Å². The first-order valence-corrected chi connectivity index (χ1v) is 8.12. The first-order chi connectivity index (χ1) is 8.88. The summed E-state index contributed by atoms with van der Waals surface area (Å²) < 4.78 is 24.4. The zero-order valence-corrected chi connectivity index (χ0v) is 12.0. The summed E-state index contributed by atoms with van der Waals surface area (Å²) in [5, 5.41) is 3.04. The molecule has 0 bridgehead atoms. The molecule has 0 aliphatic heterocycles. The average Bonchev–Trinajstić information content (AvgIpc) is 3.11. The molecule has 104 valence electrons. The lowest BCUT2D eigenvalue weighted by Gasteiger charge is -2.18. The number of para-hydroxylation sites is 1. The Labute approximate surface area is 117 Å². The van der Waals surface area contributed by atoms with Crippen LogP contribution in [0.1, 0.15) is 12.8 Å². The van der Waals surface area contributed by atoms with E-state index in [4.69, 9.17) is 11.6 Å². The lowest BCUT2D eigenvalue weighted by molar-refractivity contribution is -0.116. The van der Waals surface area contributed by atoms with Crippen LogP contribution in [-0.2, 0) is 14.8 Å². The highest BCUT2D eigenvalue weighted by Gasteiger charge is 2.36. The molecule has 1 saturated carbocycles. The number of benzene rings is 1. The van der Waals surface area contributed by atoms with Crippen LogP contribution in [0.2, 0.25) is 5.02 Å². The van der Waals surface area contributed by atoms with Crippen molar-refractivity contribution in [3.63, 3.8) is 0 Å². The molecular formula is C12H15ClN2O3S. The second-order valence-corrected chi connectivity index (χ2v) is 6.91. The summed E-state index contributed by atoms with van der Waals surface area (Å²) in [6.07, 6.45) is 2.74. The highest BCUT2D eigenvalue weighted by atomic mass is 35.5. The zero-order chi connectivity index (χ0) is 14.0. The summed E-state index contributed by atoms with van der Waals surface area (Å²) in [5.74, 6) is -0.384. The van der Waals surface area contributed by atoms with Gasteiger partial charge < -0.3 is 5.32 Å². The van der Waals surface area contributed by atoms with E-state index in [2.05, 4.69) is 5.32 Å². The number of sulfonamides is 1. The van der Waals surface area contributed by atoms with Crippen molar-refractivity contribution in [3.8, 4) is 0 Å². The summed E-state index contributed by atoms with van der Waals surface area (Å²) in [5.41, 5.74) is 0.485. The summed E-state index contributed by atoms with van der Waals surface area (Å²) in [7, 11) is -3.36. The van der Waals surface area contributed by atoms with Crippen molar-refractivity contribution in [1.82, 2.24) is 4.31 Å². The molecule has 1 aromatic carbocycles. The molecular weight excluding hydrogens is 288 g/mol. The van der Waals surface area contributed by atoms with Gasteiger partial charge in [0, 0.05) is 6.04 Å². The quantitative estimate of drug-likeness (QED) is 0.900. The van der Waals surface area contributed by atoms with Gasteiger partial charge in [-0.2, -0.15) is 4.31 Å². The Bertz CT molecular complexity index is 584. The standard InChI is InChI=1S/C12H15ClN2O3S/c1-19(17,18)15(9-6-7-9)8-12(16)14-11-5-3-2-4-10(11)13/h2-5,9H,6-8H2,1H3,(H,14,16). The summed E-state index contributed by atoms with van der Waals surface area (Å²) in [4.78, 5) is 11.9. The third-order valence-electron chi connectivity index (χ3n) is 2.83. The molecule has 1 amide bonds. The van der Waals surface area contributed by atoms with E-state index in [1.807, 2.05) is 0 Å². The van der Waals surface area contributed by atoms with Crippen LogP contribution in [0.5, 0.6) is 0 Å². The molecule has 19 heavy (non-hydrogen) atoms. The molecule has 1 aromatic rings. The van der Waals surface area contributed by atoms with E-state index in [-0.39, 0.29) is 18.5 Å². The summed E-state index contributed by atoms with van der Waals surface area (Å²) >= 11 is 5.92. The Kier molecular flexibility index (Phi) is 4.13. The molecule has 1 fully saturated rings. The molecule has 0 spiro atoms. The lowest BCUT2D eigenvalue weighted by Crippen LogP contribution is -2.38. The number of anilines is 1. The molecule has 0 aromatic heterocycles. The molecule has 0 saturated heterocycles. The summed E-state index contributed by atoms with van der Waals surface area (Å²) in [6, 6.07) is 6.79. The van der Waals surface area contributed by atoms with Crippen molar-refractivity contribution < 1.29 is 13.2 Å². The van der Waals surface area contributed by atoms with Crippen molar-refractivity contribution >= 4 is 33.2 Å². The van der Waals surface area contributed by atoms with Gasteiger partial charge >= 0.3 is 0 Å². The van der Waals surface area contributed by atoms with Gasteiger partial charge in [-0.15, -0.1) is 0 Å². The second-order valence-electron chi connectivity index (χ2n) is 4.57. The monoisotopic (exact) mass is 302 g/mol. The highest BCUT2D eigenvalue weighted by Crippen LogP contribution is 2.28. The van der Waals surface area contributed by atoms with Crippen LogP contribution < -0.4 is 5.32 Å². The number of amides is 1. The van der Waals surface area contributed by atoms with E-state index >= 15 is 0 Å². The molecule has 7 heteroatoms. The van der Waals surface area contributed by atoms with Crippen molar-refractivity contribution in [2.75, 3.05) is 18.1 Å². The van der Waals surface area contributed by atoms with E-state index in [0.29, 0.717) is 10.7 Å². The predicted molar refractivity (Wildman–Crippen MR) is 74.7 cm³/mol. The third kappa shape index (κ3) is 3.92. The second kappa shape index (κ2) is 5.48. The molecule has 0 unspecified atom stereocenters. The van der Waals surface area contributed by atoms with Crippen LogP contribution in [0, 0.1) is 0 Å². The van der Waals surface area contributed by atoms with Gasteiger partial charge in [-0.1, -0.05) is 23.7 Å². The fraction of sp³-hybridized carbons (Fsp3) is 0.417. The Morgan fingerprint density at radius 2 is 2.05 bits per heavy atom. The van der Waals surface area contributed by atoms with Crippen LogP contribution in [0.3, 0.4) is 0 Å². The molecule has 1 aliphatic rings. The molecule has 1 aliphatic carbocycles. The Morgan fingerprint density at radius 1 is 1.42 bits per heavy atom. The number of hydrogen-bond donors (Lipinski definition) is 1. The van der Waals surface area contributed by atoms with E-state index in [9.17, 15) is 13.2 Å². The fourth-order valence-electron chi connectivity index (χ4n) is 1.77. The Morgan fingerprint density at radius 3 is 2.58 bits per heavy atom. The van der Waals surface area contributed by atoms with Gasteiger partial charge in [0.2, 0.25) is 15.9 Å². The van der Waals surface area contributed by atoms with Crippen molar-refractivity contribution in [3.05, 3.63) is 29.3 Å². The third-order valence-corrected chi connectivity index (χ3v) is 4.44. The average molecular weight is 303 g/mol. The van der Waals surface area contributed by atoms with Gasteiger partial charge in [0.15, 0.2) is 0 Å². The lowest BCUT2D eigenvalue weighted by atomic mass is 10.3. The maximum Gasteiger partial charge on any atom is 0.239 e. The molecule has 1 N–H and O–H groups in total. The van der Waals surface area contributed by atoms with Crippen molar-refractivity contribution in [2.45, 2.75) is 18.9 Å². The predicted octanol–water partition coefficient (Wildman–Crippen LogP) is 1.70. The Balaban J connectivity index is 2.03. The molecule has 5 nitrogen and oxygen atoms in total. The Hall–Kier alpha value is -1.11. The first kappa shape index (κ1) is 14.3. The molecule has 2 rings (SSSR count). The van der Waals surface area contributed by atoms with Gasteiger partial charge in [-0.05, 0) is 25.0 Å². The highest BCUT2D eigenvalue weighted by molar-refractivity contribution is 7.88. The van der Waals surface area contributed by atoms with E-state index < -0.39 is 10.0 Å². The minimum atomic E-state index is -3.36. The summed E-state index contributed by atoms with van der Waals surface area (Å²) in [6.45, 7) is -0.172. The molecule has 0 heterocycles. The van der Waals surface area contributed by atoms with E-state index in [0.717, 1.165) is 19.1 Å². The molecule has 0 atom stereocenters. The van der Waals surface area contributed by atoms with Gasteiger partial charge in [0.05, 0.1) is 23.5 Å². The molecule has 0 radical (unpaired) electrons. The van der Waals surface area contributed by atoms with Crippen LogP contribution in [0.15, 0.2) is 24.3 Å². The number of nitrogens with zero attached hydrogens (tertiary/aromatic N) is 1. The maximum atomic E-state index is 11.9. The SMILES string of the molecule is CS(=O)(=O)N(CC(=O)Nc1ccccc1Cl)C1CC1. The van der Waals surface area contributed by atoms with E-state index in [1.54, 1.807) is 24.3 Å². The van der Waals surface area contributed by atoms with Crippen LogP contribution in [-0.4, -0.2) is 37.5 Å². The first-order valence-electron chi connectivity index (χ1n) is 5.89. The normalized spacial score (nSPS) is 15.5. The van der Waals surface area contributed by atoms with E-state index in [1.165, 1.54) is 4.31 Å². The number of nitrogens with one attached hydrogen (secondary N) is 1. The van der Waals surface area contributed by atoms with Gasteiger partial charge in [0.25, 0.3) is 0 Å². The minimum absolute atomic E-state index is 0.0352. The number of hydrogen-bond acceptors (Lipinski definition) is 3. The smallest absolute Gasteiger partial charge is 0.239 e. The maximum absolute atomic E-state index is 11.9. The van der Waals surface area contributed by atoms with Crippen LogP contribution in [0.4, 0.5) is 5.69 Å². The zero-order valence-electron chi connectivity index (χ0n) is 10.5. The number of rotatable bonds is 5. The topological polar surface area (TPSA) is 66.5 Å². The largest absolute Gasteiger partial charge is 0.324 e. The van der Waals surface area contributed by atoms with Gasteiger partial charge in [-0.3, -0.25) is 4.79 Å². The number of halogens is 1. The van der Waals surface area contributed by atoms with Crippen molar-refractivity contribution in [1.29, 1.82) is 0 Å². The van der Waals surface area contributed by atoms with Crippen LogP contribution in [0.25, 0.3) is 0 Å². The minimum Gasteiger partial charge on any atom is -0.324 e. The number of carbonyl (C=O) groups is 1.